The van der Waals surface area contributed by atoms with Crippen LogP contribution in [0.15, 0.2) is 72.8 Å². The summed E-state index contributed by atoms with van der Waals surface area (Å²) in [4.78, 5) is 28.8. The molecule has 2 amide bonds. The first-order valence-corrected chi connectivity index (χ1v) is 15.6. The van der Waals surface area contributed by atoms with Crippen molar-refractivity contribution < 1.29 is 18.0 Å². The average molecular weight is 584 g/mol. The molecule has 0 aromatic heterocycles. The van der Waals surface area contributed by atoms with Crippen LogP contribution in [0.3, 0.4) is 0 Å². The van der Waals surface area contributed by atoms with Gasteiger partial charge in [-0.2, -0.15) is 0 Å². The third-order valence-electron chi connectivity index (χ3n) is 6.65. The lowest BCUT2D eigenvalue weighted by Crippen LogP contribution is -2.50. The maximum atomic E-state index is 13.8. The third kappa shape index (κ3) is 8.83. The number of amides is 2. The minimum absolute atomic E-state index is 0.0716. The zero-order valence-electron chi connectivity index (χ0n) is 23.6. The molecular formula is C31H38ClN3O4S. The normalized spacial score (nSPS) is 12.0. The molecule has 0 aliphatic rings. The van der Waals surface area contributed by atoms with Crippen LogP contribution in [0.5, 0.6) is 0 Å². The molecule has 0 unspecified atom stereocenters. The zero-order chi connectivity index (χ0) is 29.3. The van der Waals surface area contributed by atoms with Gasteiger partial charge in [0.2, 0.25) is 21.8 Å². The second kappa shape index (κ2) is 14.3. The smallest absolute Gasteiger partial charge is 0.243 e. The number of aryl methyl sites for hydroxylation is 2. The minimum atomic E-state index is -3.62. The number of nitrogens with zero attached hydrogens (tertiary/aromatic N) is 2. The monoisotopic (exact) mass is 583 g/mol. The van der Waals surface area contributed by atoms with Crippen LogP contribution in [-0.2, 0) is 32.6 Å². The summed E-state index contributed by atoms with van der Waals surface area (Å²) in [5.41, 5.74) is 4.18. The van der Waals surface area contributed by atoms with E-state index in [1.54, 1.807) is 23.1 Å². The Morgan fingerprint density at radius 3 is 2.30 bits per heavy atom. The lowest BCUT2D eigenvalue weighted by molar-refractivity contribution is -0.141. The van der Waals surface area contributed by atoms with E-state index >= 15 is 0 Å². The van der Waals surface area contributed by atoms with E-state index in [4.69, 9.17) is 11.6 Å². The fourth-order valence-corrected chi connectivity index (χ4v) is 5.87. The Balaban J connectivity index is 1.88. The van der Waals surface area contributed by atoms with Crippen LogP contribution < -0.4 is 9.62 Å². The summed E-state index contributed by atoms with van der Waals surface area (Å²) in [6.45, 7) is 6.46. The summed E-state index contributed by atoms with van der Waals surface area (Å²) in [7, 11) is -3.62. The van der Waals surface area contributed by atoms with Gasteiger partial charge >= 0.3 is 0 Å². The molecule has 7 nitrogen and oxygen atoms in total. The number of anilines is 1. The van der Waals surface area contributed by atoms with Crippen LogP contribution in [0.4, 0.5) is 5.69 Å². The molecule has 3 aromatic carbocycles. The molecule has 214 valence electrons. The molecule has 0 saturated carbocycles. The van der Waals surface area contributed by atoms with Crippen LogP contribution >= 0.6 is 11.6 Å². The second-order valence-electron chi connectivity index (χ2n) is 9.98. The fourth-order valence-electron chi connectivity index (χ4n) is 4.69. The van der Waals surface area contributed by atoms with Gasteiger partial charge in [-0.3, -0.25) is 13.9 Å². The highest BCUT2D eigenvalue weighted by Gasteiger charge is 2.30. The highest BCUT2D eigenvalue weighted by molar-refractivity contribution is 7.92. The summed E-state index contributed by atoms with van der Waals surface area (Å²) >= 11 is 6.16. The van der Waals surface area contributed by atoms with E-state index in [0.29, 0.717) is 23.7 Å². The van der Waals surface area contributed by atoms with Gasteiger partial charge in [-0.25, -0.2) is 8.42 Å². The van der Waals surface area contributed by atoms with Gasteiger partial charge < -0.3 is 10.2 Å². The Kier molecular flexibility index (Phi) is 11.2. The lowest BCUT2D eigenvalue weighted by atomic mass is 10.0. The van der Waals surface area contributed by atoms with Crippen LogP contribution in [0.2, 0.25) is 5.02 Å². The second-order valence-corrected chi connectivity index (χ2v) is 12.3. The lowest BCUT2D eigenvalue weighted by Gasteiger charge is -2.32. The number of carbonyl (C=O) groups is 2. The van der Waals surface area contributed by atoms with Crippen molar-refractivity contribution in [3.63, 3.8) is 0 Å². The molecule has 0 saturated heterocycles. The number of hydrogen-bond acceptors (Lipinski definition) is 4. The molecule has 0 spiro atoms. The maximum Gasteiger partial charge on any atom is 0.243 e. The highest BCUT2D eigenvalue weighted by atomic mass is 35.5. The number of sulfonamides is 1. The first-order chi connectivity index (χ1) is 19.0. The number of halogens is 1. The van der Waals surface area contributed by atoms with Crippen molar-refractivity contribution in [2.24, 2.45) is 0 Å². The highest BCUT2D eigenvalue weighted by Crippen LogP contribution is 2.27. The van der Waals surface area contributed by atoms with Gasteiger partial charge in [0.1, 0.15) is 6.04 Å². The topological polar surface area (TPSA) is 86.8 Å². The van der Waals surface area contributed by atoms with Crippen molar-refractivity contribution in [3.05, 3.63) is 100 Å². The molecule has 40 heavy (non-hydrogen) atoms. The number of carbonyl (C=O) groups excluding carboxylic acids is 2. The Bertz CT molecular complexity index is 1410. The van der Waals surface area contributed by atoms with Gasteiger partial charge in [0.15, 0.2) is 0 Å². The Hall–Kier alpha value is -3.36. The molecular weight excluding hydrogens is 546 g/mol. The molecule has 0 fully saturated rings. The SMILES string of the molecule is CCNC(=O)[C@@H](Cc1ccccc1)N(Cc1cccc(C)c1)C(=O)CCCN(c1cc(Cl)ccc1C)S(C)(=O)=O. The molecule has 9 heteroatoms. The van der Waals surface area contributed by atoms with Crippen LogP contribution in [0.1, 0.15) is 42.0 Å². The van der Waals surface area contributed by atoms with E-state index in [-0.39, 0.29) is 37.7 Å². The Morgan fingerprint density at radius 1 is 0.950 bits per heavy atom. The standard InChI is InChI=1S/C31H38ClN3O4S/c1-5-33-31(37)29(20-25-12-7-6-8-13-25)34(22-26-14-9-11-23(2)19-26)30(36)15-10-18-35(40(4,38)39)28-21-27(32)17-16-24(28)3/h6-9,11-14,16-17,19,21,29H,5,10,15,18,20,22H2,1-4H3,(H,33,37)/t29-/m1/s1. The maximum absolute atomic E-state index is 13.8. The number of benzene rings is 3. The molecule has 0 radical (unpaired) electrons. The number of nitrogens with one attached hydrogen (secondary N) is 1. The number of hydrogen-bond donors (Lipinski definition) is 1. The van der Waals surface area contributed by atoms with Crippen molar-refractivity contribution in [2.75, 3.05) is 23.7 Å². The van der Waals surface area contributed by atoms with Gasteiger partial charge in [0, 0.05) is 37.5 Å². The number of likely N-dealkylation sites (N-methyl/N-ethyl adjacent to an activating group) is 1. The van der Waals surface area contributed by atoms with Crippen molar-refractivity contribution in [1.82, 2.24) is 10.2 Å². The molecule has 1 N–H and O–H groups in total. The molecule has 0 bridgehead atoms. The summed E-state index contributed by atoms with van der Waals surface area (Å²) in [6, 6.07) is 21.9. The van der Waals surface area contributed by atoms with Crippen LogP contribution in [0.25, 0.3) is 0 Å². The predicted octanol–water partition coefficient (Wildman–Crippen LogP) is 5.28. The average Bonchev–Trinajstić information content (AvgIpc) is 2.90. The predicted molar refractivity (Wildman–Crippen MR) is 162 cm³/mol. The van der Waals surface area contributed by atoms with Crippen molar-refractivity contribution in [1.29, 1.82) is 0 Å². The fraction of sp³-hybridized carbons (Fsp3) is 0.355. The van der Waals surface area contributed by atoms with Crippen LogP contribution in [-0.4, -0.2) is 50.5 Å². The first-order valence-electron chi connectivity index (χ1n) is 13.4. The summed E-state index contributed by atoms with van der Waals surface area (Å²) in [5, 5.41) is 3.32. The van der Waals surface area contributed by atoms with E-state index < -0.39 is 16.1 Å². The Morgan fingerprint density at radius 2 is 1.65 bits per heavy atom. The number of rotatable bonds is 13. The summed E-state index contributed by atoms with van der Waals surface area (Å²) in [5.74, 6) is -0.440. The van der Waals surface area contributed by atoms with Gasteiger partial charge in [0.25, 0.3) is 0 Å². The molecule has 0 aliphatic carbocycles. The first kappa shape index (κ1) is 31.2. The largest absolute Gasteiger partial charge is 0.355 e. The molecule has 1 atom stereocenters. The summed E-state index contributed by atoms with van der Waals surface area (Å²) < 4.78 is 26.7. The van der Waals surface area contributed by atoms with Crippen molar-refractivity contribution in [3.8, 4) is 0 Å². The van der Waals surface area contributed by atoms with E-state index in [1.807, 2.05) is 75.4 Å². The Labute approximate surface area is 243 Å². The molecule has 0 aliphatic heterocycles. The minimum Gasteiger partial charge on any atom is -0.355 e. The van der Waals surface area contributed by atoms with Gasteiger partial charge in [-0.05, 0) is 56.0 Å². The van der Waals surface area contributed by atoms with E-state index in [1.165, 1.54) is 4.31 Å². The molecule has 3 aromatic rings. The van der Waals surface area contributed by atoms with Gasteiger partial charge in [-0.15, -0.1) is 0 Å². The van der Waals surface area contributed by atoms with E-state index in [0.717, 1.165) is 28.5 Å². The molecule has 0 heterocycles. The van der Waals surface area contributed by atoms with E-state index in [9.17, 15) is 18.0 Å². The van der Waals surface area contributed by atoms with Crippen molar-refractivity contribution >= 4 is 39.1 Å². The quantitative estimate of drug-likeness (QED) is 0.297. The van der Waals surface area contributed by atoms with Gasteiger partial charge in [0.05, 0.1) is 11.9 Å². The van der Waals surface area contributed by atoms with Crippen LogP contribution in [0, 0.1) is 13.8 Å². The molecule has 3 rings (SSSR count). The third-order valence-corrected chi connectivity index (χ3v) is 8.06. The summed E-state index contributed by atoms with van der Waals surface area (Å²) in [6.07, 6.45) is 1.85. The van der Waals surface area contributed by atoms with Crippen molar-refractivity contribution in [2.45, 2.75) is 52.6 Å². The van der Waals surface area contributed by atoms with Gasteiger partial charge in [-0.1, -0.05) is 77.8 Å². The van der Waals surface area contributed by atoms with E-state index in [2.05, 4.69) is 5.32 Å². The zero-order valence-corrected chi connectivity index (χ0v) is 25.1.